The number of halogens is 3. The van der Waals surface area contributed by atoms with Gasteiger partial charge in [0, 0.05) is 22.5 Å². The summed E-state index contributed by atoms with van der Waals surface area (Å²) >= 11 is 0.567. The predicted molar refractivity (Wildman–Crippen MR) is 66.9 cm³/mol. The molecule has 0 aliphatic heterocycles. The van der Waals surface area contributed by atoms with Crippen molar-refractivity contribution < 1.29 is 13.2 Å². The SMILES string of the molecule is Cc1ccc(C(N)c2cnc(C(F)(F)F)s2)c(C)n1. The van der Waals surface area contributed by atoms with Gasteiger partial charge >= 0.3 is 6.18 Å². The third kappa shape index (κ3) is 2.93. The fourth-order valence-corrected chi connectivity index (χ4v) is 2.54. The average molecular weight is 287 g/mol. The molecule has 0 saturated carbocycles. The largest absolute Gasteiger partial charge is 0.443 e. The lowest BCUT2D eigenvalue weighted by molar-refractivity contribution is -0.137. The Hall–Kier alpha value is -1.47. The van der Waals surface area contributed by atoms with Gasteiger partial charge in [0.15, 0.2) is 5.01 Å². The van der Waals surface area contributed by atoms with Crippen LogP contribution in [-0.2, 0) is 6.18 Å². The molecule has 2 N–H and O–H groups in total. The second kappa shape index (κ2) is 4.90. The summed E-state index contributed by atoms with van der Waals surface area (Å²) in [6.07, 6.45) is -3.25. The van der Waals surface area contributed by atoms with E-state index >= 15 is 0 Å². The highest BCUT2D eigenvalue weighted by molar-refractivity contribution is 7.11. The van der Waals surface area contributed by atoms with Gasteiger partial charge in [0.25, 0.3) is 0 Å². The lowest BCUT2D eigenvalue weighted by Crippen LogP contribution is -2.12. The standard InChI is InChI=1S/C12H12F3N3S/c1-6-3-4-8(7(2)18-6)10(16)9-5-17-11(19-9)12(13,14)15/h3-5,10H,16H2,1-2H3. The van der Waals surface area contributed by atoms with Gasteiger partial charge in [-0.1, -0.05) is 6.07 Å². The monoisotopic (exact) mass is 287 g/mol. The van der Waals surface area contributed by atoms with Crippen molar-refractivity contribution in [1.29, 1.82) is 0 Å². The molecule has 19 heavy (non-hydrogen) atoms. The summed E-state index contributed by atoms with van der Waals surface area (Å²) in [7, 11) is 0. The van der Waals surface area contributed by atoms with Gasteiger partial charge in [-0.2, -0.15) is 13.2 Å². The predicted octanol–water partition coefficient (Wildman–Crippen LogP) is 3.22. The molecule has 0 bridgehead atoms. The first-order valence-corrected chi connectivity index (χ1v) is 6.33. The van der Waals surface area contributed by atoms with E-state index in [-0.39, 0.29) is 0 Å². The molecule has 0 aliphatic rings. The van der Waals surface area contributed by atoms with Crippen molar-refractivity contribution in [2.75, 3.05) is 0 Å². The number of thiazole rings is 1. The Labute approximate surface area is 112 Å². The lowest BCUT2D eigenvalue weighted by Gasteiger charge is -2.12. The van der Waals surface area contributed by atoms with Crippen molar-refractivity contribution in [3.8, 4) is 0 Å². The fourth-order valence-electron chi connectivity index (χ4n) is 1.74. The highest BCUT2D eigenvalue weighted by Crippen LogP contribution is 2.35. The number of nitrogens with two attached hydrogens (primary N) is 1. The van der Waals surface area contributed by atoms with Crippen molar-refractivity contribution in [2.24, 2.45) is 5.73 Å². The minimum Gasteiger partial charge on any atom is -0.320 e. The lowest BCUT2D eigenvalue weighted by atomic mass is 10.1. The minimum absolute atomic E-state index is 0.376. The zero-order chi connectivity index (χ0) is 14.2. The molecule has 0 fully saturated rings. The van der Waals surface area contributed by atoms with Crippen LogP contribution >= 0.6 is 11.3 Å². The number of pyridine rings is 1. The molecule has 1 unspecified atom stereocenters. The zero-order valence-electron chi connectivity index (χ0n) is 10.3. The molecule has 2 heterocycles. The molecule has 7 heteroatoms. The number of rotatable bonds is 2. The first kappa shape index (κ1) is 14.0. The number of hydrogen-bond acceptors (Lipinski definition) is 4. The smallest absolute Gasteiger partial charge is 0.320 e. The van der Waals surface area contributed by atoms with Crippen LogP contribution in [0.1, 0.15) is 32.9 Å². The highest BCUT2D eigenvalue weighted by atomic mass is 32.1. The average Bonchev–Trinajstić information content (AvgIpc) is 2.76. The molecule has 102 valence electrons. The molecular formula is C12H12F3N3S. The van der Waals surface area contributed by atoms with Crippen molar-refractivity contribution >= 4 is 11.3 Å². The van der Waals surface area contributed by atoms with E-state index < -0.39 is 17.2 Å². The van der Waals surface area contributed by atoms with Gasteiger partial charge in [-0.25, -0.2) is 4.98 Å². The second-order valence-electron chi connectivity index (χ2n) is 4.17. The van der Waals surface area contributed by atoms with E-state index in [4.69, 9.17) is 5.73 Å². The van der Waals surface area contributed by atoms with Gasteiger partial charge in [-0.15, -0.1) is 11.3 Å². The molecule has 0 radical (unpaired) electrons. The molecule has 3 nitrogen and oxygen atoms in total. The molecule has 0 saturated heterocycles. The van der Waals surface area contributed by atoms with Crippen LogP contribution in [0.4, 0.5) is 13.2 Å². The Morgan fingerprint density at radius 3 is 2.47 bits per heavy atom. The van der Waals surface area contributed by atoms with Crippen molar-refractivity contribution in [3.05, 3.63) is 45.2 Å². The summed E-state index contributed by atoms with van der Waals surface area (Å²) in [5.74, 6) is 0. The minimum atomic E-state index is -4.43. The number of nitrogens with zero attached hydrogens (tertiary/aromatic N) is 2. The molecule has 0 spiro atoms. The van der Waals surface area contributed by atoms with Gasteiger partial charge < -0.3 is 5.73 Å². The molecule has 0 aromatic carbocycles. The Kier molecular flexibility index (Phi) is 3.60. The Balaban J connectivity index is 2.34. The summed E-state index contributed by atoms with van der Waals surface area (Å²) in [5.41, 5.74) is 8.26. The van der Waals surface area contributed by atoms with Gasteiger partial charge in [0.05, 0.1) is 6.04 Å². The molecule has 1 atom stereocenters. The molecule has 0 amide bonds. The van der Waals surface area contributed by atoms with Gasteiger partial charge in [0.2, 0.25) is 0 Å². The molecule has 2 rings (SSSR count). The number of alkyl halides is 3. The normalized spacial score (nSPS) is 13.6. The van der Waals surface area contributed by atoms with E-state index in [2.05, 4.69) is 9.97 Å². The van der Waals surface area contributed by atoms with E-state index in [1.807, 2.05) is 6.92 Å². The molecule has 2 aromatic rings. The van der Waals surface area contributed by atoms with E-state index in [0.29, 0.717) is 21.8 Å². The third-order valence-corrected chi connectivity index (χ3v) is 3.80. The summed E-state index contributed by atoms with van der Waals surface area (Å²) < 4.78 is 37.5. The summed E-state index contributed by atoms with van der Waals surface area (Å²) in [5, 5.41) is -0.879. The van der Waals surface area contributed by atoms with Crippen LogP contribution in [0.15, 0.2) is 18.3 Å². The van der Waals surface area contributed by atoms with Gasteiger partial charge in [-0.3, -0.25) is 4.98 Å². The van der Waals surface area contributed by atoms with Crippen molar-refractivity contribution in [2.45, 2.75) is 26.1 Å². The Morgan fingerprint density at radius 1 is 1.26 bits per heavy atom. The molecule has 2 aromatic heterocycles. The topological polar surface area (TPSA) is 51.8 Å². The van der Waals surface area contributed by atoms with Crippen LogP contribution in [0.25, 0.3) is 0 Å². The number of aromatic nitrogens is 2. The van der Waals surface area contributed by atoms with Crippen LogP contribution in [0.5, 0.6) is 0 Å². The Bertz CT molecular complexity index is 592. The molecular weight excluding hydrogens is 275 g/mol. The summed E-state index contributed by atoms with van der Waals surface area (Å²) in [4.78, 5) is 8.01. The van der Waals surface area contributed by atoms with E-state index in [9.17, 15) is 13.2 Å². The first-order valence-electron chi connectivity index (χ1n) is 5.51. The number of hydrogen-bond donors (Lipinski definition) is 1. The fraction of sp³-hybridized carbons (Fsp3) is 0.333. The van der Waals surface area contributed by atoms with E-state index in [1.54, 1.807) is 19.1 Å². The van der Waals surface area contributed by atoms with E-state index in [1.165, 1.54) is 6.20 Å². The zero-order valence-corrected chi connectivity index (χ0v) is 11.1. The summed E-state index contributed by atoms with van der Waals surface area (Å²) in [6.45, 7) is 3.63. The maximum absolute atomic E-state index is 12.5. The van der Waals surface area contributed by atoms with Gasteiger partial charge in [0.1, 0.15) is 0 Å². The van der Waals surface area contributed by atoms with Crippen LogP contribution in [0.2, 0.25) is 0 Å². The van der Waals surface area contributed by atoms with Crippen molar-refractivity contribution in [1.82, 2.24) is 9.97 Å². The maximum Gasteiger partial charge on any atom is 0.443 e. The van der Waals surface area contributed by atoms with Crippen LogP contribution in [-0.4, -0.2) is 9.97 Å². The van der Waals surface area contributed by atoms with Crippen LogP contribution in [0, 0.1) is 13.8 Å². The molecule has 0 aliphatic carbocycles. The number of aryl methyl sites for hydroxylation is 2. The quantitative estimate of drug-likeness (QED) is 0.922. The Morgan fingerprint density at radius 2 is 1.95 bits per heavy atom. The summed E-state index contributed by atoms with van der Waals surface area (Å²) in [6, 6.07) is 2.94. The van der Waals surface area contributed by atoms with Crippen molar-refractivity contribution in [3.63, 3.8) is 0 Å². The third-order valence-electron chi connectivity index (χ3n) is 2.67. The van der Waals surface area contributed by atoms with Crippen LogP contribution in [0.3, 0.4) is 0 Å². The first-order chi connectivity index (χ1) is 8.79. The van der Waals surface area contributed by atoms with Crippen LogP contribution < -0.4 is 5.73 Å². The van der Waals surface area contributed by atoms with Gasteiger partial charge in [-0.05, 0) is 25.5 Å². The maximum atomic E-state index is 12.5. The second-order valence-corrected chi connectivity index (χ2v) is 5.23. The van der Waals surface area contributed by atoms with E-state index in [0.717, 1.165) is 11.4 Å². The highest BCUT2D eigenvalue weighted by Gasteiger charge is 2.35.